The van der Waals surface area contributed by atoms with E-state index in [2.05, 4.69) is 10.0 Å². The standard InChI is InChI=1S/C27H30N2O5S/c1-18(25-16-19-7-8-20(25)15-19)29-35(31,32)24-11-9-22(10-12-24)28-27(30)26-21(13-14-33-26)17-34-23-5-3-2-4-6-23/h2-6,9-14,18-20,25,29H,7-8,15-17H2,1H3,(H,28,30). The smallest absolute Gasteiger partial charge is 0.291 e. The van der Waals surface area contributed by atoms with Crippen molar-refractivity contribution in [3.05, 3.63) is 78.3 Å². The molecule has 0 spiro atoms. The van der Waals surface area contributed by atoms with E-state index < -0.39 is 15.9 Å². The van der Waals surface area contributed by atoms with Crippen molar-refractivity contribution in [3.63, 3.8) is 0 Å². The van der Waals surface area contributed by atoms with Gasteiger partial charge in [0.2, 0.25) is 10.0 Å². The normalized spacial score (nSPS) is 22.1. The van der Waals surface area contributed by atoms with E-state index in [-0.39, 0.29) is 23.3 Å². The summed E-state index contributed by atoms with van der Waals surface area (Å²) in [7, 11) is -3.64. The van der Waals surface area contributed by atoms with E-state index in [1.165, 1.54) is 37.7 Å². The Balaban J connectivity index is 1.19. The summed E-state index contributed by atoms with van der Waals surface area (Å²) in [4.78, 5) is 12.9. The number of anilines is 1. The molecular weight excluding hydrogens is 464 g/mol. The van der Waals surface area contributed by atoms with Crippen molar-refractivity contribution in [1.29, 1.82) is 0 Å². The van der Waals surface area contributed by atoms with Gasteiger partial charge in [-0.05, 0) is 86.4 Å². The van der Waals surface area contributed by atoms with Crippen LogP contribution in [0.3, 0.4) is 0 Å². The second-order valence-electron chi connectivity index (χ2n) is 9.60. The van der Waals surface area contributed by atoms with Crippen molar-refractivity contribution < 1.29 is 22.4 Å². The molecule has 8 heteroatoms. The number of hydrogen-bond acceptors (Lipinski definition) is 5. The van der Waals surface area contributed by atoms with E-state index >= 15 is 0 Å². The van der Waals surface area contributed by atoms with E-state index in [0.717, 1.165) is 12.3 Å². The van der Waals surface area contributed by atoms with E-state index in [4.69, 9.17) is 9.15 Å². The van der Waals surface area contributed by atoms with Gasteiger partial charge in [-0.2, -0.15) is 0 Å². The zero-order valence-corrected chi connectivity index (χ0v) is 20.5. The molecule has 1 amide bonds. The topological polar surface area (TPSA) is 97.6 Å². The fourth-order valence-corrected chi connectivity index (χ4v) is 6.83. The molecule has 35 heavy (non-hydrogen) atoms. The maximum absolute atomic E-state index is 12.9. The third kappa shape index (κ3) is 5.28. The van der Waals surface area contributed by atoms with Crippen LogP contribution >= 0.6 is 0 Å². The number of nitrogens with one attached hydrogen (secondary N) is 2. The van der Waals surface area contributed by atoms with Crippen molar-refractivity contribution in [2.45, 2.75) is 50.2 Å². The van der Waals surface area contributed by atoms with Crippen molar-refractivity contribution in [2.24, 2.45) is 17.8 Å². The molecule has 2 aliphatic carbocycles. The summed E-state index contributed by atoms with van der Waals surface area (Å²) >= 11 is 0. The number of amides is 1. The highest BCUT2D eigenvalue weighted by atomic mass is 32.2. The number of ether oxygens (including phenoxy) is 1. The van der Waals surface area contributed by atoms with E-state index in [9.17, 15) is 13.2 Å². The molecule has 0 radical (unpaired) electrons. The van der Waals surface area contributed by atoms with Crippen LogP contribution in [0.25, 0.3) is 0 Å². The summed E-state index contributed by atoms with van der Waals surface area (Å²) in [5, 5.41) is 2.76. The van der Waals surface area contributed by atoms with Crippen molar-refractivity contribution in [2.75, 3.05) is 5.32 Å². The van der Waals surface area contributed by atoms with Crippen LogP contribution in [0.2, 0.25) is 0 Å². The van der Waals surface area contributed by atoms with Crippen LogP contribution < -0.4 is 14.8 Å². The molecule has 2 saturated carbocycles. The Hall–Kier alpha value is -3.10. The van der Waals surface area contributed by atoms with Gasteiger partial charge in [-0.25, -0.2) is 13.1 Å². The second-order valence-corrected chi connectivity index (χ2v) is 11.3. The zero-order chi connectivity index (χ0) is 24.4. The third-order valence-corrected chi connectivity index (χ3v) is 8.86. The quantitative estimate of drug-likeness (QED) is 0.425. The lowest BCUT2D eigenvalue weighted by Crippen LogP contribution is -2.40. The Morgan fingerprint density at radius 2 is 1.83 bits per heavy atom. The van der Waals surface area contributed by atoms with Crippen molar-refractivity contribution >= 4 is 21.6 Å². The molecule has 0 saturated heterocycles. The lowest BCUT2D eigenvalue weighted by Gasteiger charge is -2.28. The molecular formula is C27H30N2O5S. The molecule has 184 valence electrons. The SMILES string of the molecule is CC(NS(=O)(=O)c1ccc(NC(=O)c2occc2COc2ccccc2)cc1)C1CC2CCC1C2. The van der Waals surface area contributed by atoms with Crippen LogP contribution in [0.15, 0.2) is 76.2 Å². The molecule has 4 unspecified atom stereocenters. The number of carbonyl (C=O) groups is 1. The number of hydrogen-bond donors (Lipinski definition) is 2. The van der Waals surface area contributed by atoms with Gasteiger partial charge >= 0.3 is 0 Å². The van der Waals surface area contributed by atoms with Gasteiger partial charge in [0.25, 0.3) is 5.91 Å². The number of para-hydroxylation sites is 1. The highest BCUT2D eigenvalue weighted by Crippen LogP contribution is 2.49. The summed E-state index contributed by atoms with van der Waals surface area (Å²) in [6.07, 6.45) is 6.29. The van der Waals surface area contributed by atoms with Gasteiger partial charge < -0.3 is 14.5 Å². The molecule has 2 N–H and O–H groups in total. The first-order valence-electron chi connectivity index (χ1n) is 12.1. The van der Waals surface area contributed by atoms with Crippen LogP contribution in [-0.2, 0) is 16.6 Å². The molecule has 3 aromatic rings. The summed E-state index contributed by atoms with van der Waals surface area (Å²) < 4.78 is 39.8. The fraction of sp³-hybridized carbons (Fsp3) is 0.370. The predicted octanol–water partition coefficient (Wildman–Crippen LogP) is 5.21. The second kappa shape index (κ2) is 9.87. The average Bonchev–Trinajstić information content (AvgIpc) is 3.61. The first kappa shape index (κ1) is 23.6. The fourth-order valence-electron chi connectivity index (χ4n) is 5.54. The number of carbonyl (C=O) groups excluding carboxylic acids is 1. The van der Waals surface area contributed by atoms with E-state index in [0.29, 0.717) is 28.8 Å². The first-order chi connectivity index (χ1) is 16.9. The zero-order valence-electron chi connectivity index (χ0n) is 19.6. The Morgan fingerprint density at radius 3 is 2.51 bits per heavy atom. The summed E-state index contributed by atoms with van der Waals surface area (Å²) in [5.41, 5.74) is 1.09. The molecule has 2 aliphatic rings. The monoisotopic (exact) mass is 494 g/mol. The Morgan fingerprint density at radius 1 is 1.06 bits per heavy atom. The molecule has 2 fully saturated rings. The molecule has 1 aromatic heterocycles. The van der Waals surface area contributed by atoms with Crippen LogP contribution in [0.1, 0.15) is 48.7 Å². The van der Waals surface area contributed by atoms with Gasteiger partial charge in [0.05, 0.1) is 11.2 Å². The summed E-state index contributed by atoms with van der Waals surface area (Å²) in [6.45, 7) is 2.16. The van der Waals surface area contributed by atoms with Gasteiger partial charge in [0.15, 0.2) is 5.76 Å². The number of rotatable bonds is 9. The largest absolute Gasteiger partial charge is 0.489 e. The van der Waals surface area contributed by atoms with Crippen LogP contribution in [-0.4, -0.2) is 20.4 Å². The Bertz CT molecular complexity index is 1270. The Kier molecular flexibility index (Phi) is 6.67. The average molecular weight is 495 g/mol. The number of furan rings is 1. The lowest BCUT2D eigenvalue weighted by molar-refractivity contribution is 0.0993. The summed E-state index contributed by atoms with van der Waals surface area (Å²) in [6, 6.07) is 17.1. The van der Waals surface area contributed by atoms with Crippen LogP contribution in [0.5, 0.6) is 5.75 Å². The van der Waals surface area contributed by atoms with Gasteiger partial charge in [0, 0.05) is 17.3 Å². The van der Waals surface area contributed by atoms with Gasteiger partial charge in [0.1, 0.15) is 12.4 Å². The highest BCUT2D eigenvalue weighted by molar-refractivity contribution is 7.89. The molecule has 1 heterocycles. The number of fused-ring (bicyclic) bond motifs is 2. The first-order valence-corrected chi connectivity index (χ1v) is 13.6. The van der Waals surface area contributed by atoms with Crippen LogP contribution in [0, 0.1) is 17.8 Å². The molecule has 4 atom stereocenters. The van der Waals surface area contributed by atoms with Crippen molar-refractivity contribution in [3.8, 4) is 5.75 Å². The minimum atomic E-state index is -3.64. The van der Waals surface area contributed by atoms with Gasteiger partial charge in [-0.3, -0.25) is 4.79 Å². The van der Waals surface area contributed by atoms with Gasteiger partial charge in [-0.15, -0.1) is 0 Å². The third-order valence-electron chi connectivity index (χ3n) is 7.29. The summed E-state index contributed by atoms with van der Waals surface area (Å²) in [5.74, 6) is 2.23. The maximum Gasteiger partial charge on any atom is 0.291 e. The molecule has 5 rings (SSSR count). The van der Waals surface area contributed by atoms with E-state index in [1.54, 1.807) is 18.2 Å². The molecule has 2 aromatic carbocycles. The molecule has 2 bridgehead atoms. The minimum Gasteiger partial charge on any atom is -0.489 e. The van der Waals surface area contributed by atoms with E-state index in [1.807, 2.05) is 37.3 Å². The molecule has 0 aliphatic heterocycles. The Labute approximate surface area is 205 Å². The highest BCUT2D eigenvalue weighted by Gasteiger charge is 2.42. The van der Waals surface area contributed by atoms with Crippen LogP contribution in [0.4, 0.5) is 5.69 Å². The predicted molar refractivity (Wildman–Crippen MR) is 133 cm³/mol. The minimum absolute atomic E-state index is 0.0924. The lowest BCUT2D eigenvalue weighted by atomic mass is 9.84. The number of sulfonamides is 1. The number of benzene rings is 2. The maximum atomic E-state index is 12.9. The van der Waals surface area contributed by atoms with Gasteiger partial charge in [-0.1, -0.05) is 24.6 Å². The molecule has 7 nitrogen and oxygen atoms in total. The van der Waals surface area contributed by atoms with Crippen molar-refractivity contribution in [1.82, 2.24) is 4.72 Å².